The zero-order valence-corrected chi connectivity index (χ0v) is 32.7. The number of allylic oxidation sites excluding steroid dienone is 3. The standard InChI is InChI=1S/C41H62O9S/c1-9-23(4)37(45)48-21-32-30-13-12-28(31(16-17-51)29(30)14-15-33(32)42)26-18-27-20-40(7,8)36(50-39(47)25(6)11-3)35(44)41(27,34(43)19-26)22-49-38(46)24(5)10-2/h9-11,17,26-36,42-44H,12-16,18-22H2,1-8H3/b23-9+,24-10+,25-11+/t26?,27?,28?,29?,30?,31?,32?,33?,34-,35+,36?,41+/m1/s1. The van der Waals surface area contributed by atoms with Crippen LogP contribution >= 0.6 is 12.2 Å². The zero-order chi connectivity index (χ0) is 37.8. The first-order valence-corrected chi connectivity index (χ1v) is 19.5. The number of aliphatic hydroxyl groups excluding tert-OH is 3. The monoisotopic (exact) mass is 730 g/mol. The SMILES string of the molecule is C/C=C(\C)C(=O)OCC1C(O)CCC2C1CCC(C1CC3CC(C)(C)C(OC(=O)/C(C)=C/C)[C@H](O)[C@]3(COC(=O)/C(C)=C/C)[C@H](O)C1)C2CC=S. The van der Waals surface area contributed by atoms with Gasteiger partial charge in [0.15, 0.2) is 0 Å². The quantitative estimate of drug-likeness (QED) is 0.0939. The number of fused-ring (bicyclic) bond motifs is 2. The van der Waals surface area contributed by atoms with Gasteiger partial charge in [0, 0.05) is 28.1 Å². The highest BCUT2D eigenvalue weighted by Gasteiger charge is 2.65. The summed E-state index contributed by atoms with van der Waals surface area (Å²) in [4.78, 5) is 38.5. The summed E-state index contributed by atoms with van der Waals surface area (Å²) in [6.07, 6.45) is 7.02. The lowest BCUT2D eigenvalue weighted by atomic mass is 9.46. The van der Waals surface area contributed by atoms with Gasteiger partial charge in [-0.2, -0.15) is 0 Å². The van der Waals surface area contributed by atoms with Crippen molar-refractivity contribution in [3.63, 3.8) is 0 Å². The summed E-state index contributed by atoms with van der Waals surface area (Å²) in [7, 11) is 0. The second kappa shape index (κ2) is 17.2. The normalized spacial score (nSPS) is 38.5. The van der Waals surface area contributed by atoms with E-state index in [4.69, 9.17) is 26.4 Å². The number of thiocarbonyl (C=S) groups is 1. The maximum atomic E-state index is 13.0. The fourth-order valence-corrected chi connectivity index (χ4v) is 10.4. The summed E-state index contributed by atoms with van der Waals surface area (Å²) < 4.78 is 17.6. The van der Waals surface area contributed by atoms with Gasteiger partial charge < -0.3 is 29.5 Å². The molecule has 0 aromatic heterocycles. The van der Waals surface area contributed by atoms with Gasteiger partial charge in [0.2, 0.25) is 0 Å². The molecule has 0 spiro atoms. The summed E-state index contributed by atoms with van der Waals surface area (Å²) in [6, 6.07) is 0. The molecule has 9 unspecified atom stereocenters. The topological polar surface area (TPSA) is 140 Å². The second-order valence-corrected chi connectivity index (χ2v) is 16.9. The third kappa shape index (κ3) is 8.39. The predicted molar refractivity (Wildman–Crippen MR) is 199 cm³/mol. The smallest absolute Gasteiger partial charge is 0.333 e. The van der Waals surface area contributed by atoms with E-state index in [9.17, 15) is 29.7 Å². The highest BCUT2D eigenvalue weighted by molar-refractivity contribution is 7.78. The first-order valence-electron chi connectivity index (χ1n) is 19.0. The zero-order valence-electron chi connectivity index (χ0n) is 31.9. The number of carbonyl (C=O) groups excluding carboxylic acids is 3. The predicted octanol–water partition coefficient (Wildman–Crippen LogP) is 6.47. The minimum absolute atomic E-state index is 0.125. The Kier molecular flexibility index (Phi) is 13.9. The number of ether oxygens (including phenoxy) is 3. The lowest BCUT2D eigenvalue weighted by Crippen LogP contribution is -2.68. The molecule has 9 nitrogen and oxygen atoms in total. The Balaban J connectivity index is 1.64. The average Bonchev–Trinajstić information content (AvgIpc) is 3.10. The van der Waals surface area contributed by atoms with Gasteiger partial charge in [-0.15, -0.1) is 0 Å². The number of rotatable bonds is 11. The van der Waals surface area contributed by atoms with Crippen LogP contribution in [0.15, 0.2) is 34.9 Å². The molecule has 0 aromatic rings. The molecule has 0 amide bonds. The molecule has 4 fully saturated rings. The van der Waals surface area contributed by atoms with E-state index in [1.54, 1.807) is 59.8 Å². The average molecular weight is 731 g/mol. The van der Waals surface area contributed by atoms with E-state index in [1.165, 1.54) is 0 Å². The molecule has 0 heterocycles. The summed E-state index contributed by atoms with van der Waals surface area (Å²) in [5, 5.41) is 37.5. The number of hydrogen-bond donors (Lipinski definition) is 3. The second-order valence-electron chi connectivity index (χ2n) is 16.6. The summed E-state index contributed by atoms with van der Waals surface area (Å²) in [5.74, 6) is -0.638. The van der Waals surface area contributed by atoms with Crippen molar-refractivity contribution in [3.05, 3.63) is 34.9 Å². The first kappa shape index (κ1) is 41.4. The van der Waals surface area contributed by atoms with E-state index in [-0.39, 0.29) is 54.7 Å². The van der Waals surface area contributed by atoms with Crippen LogP contribution in [0.2, 0.25) is 0 Å². The van der Waals surface area contributed by atoms with Gasteiger partial charge in [0.05, 0.1) is 24.2 Å². The molecule has 4 rings (SSSR count). The van der Waals surface area contributed by atoms with Gasteiger partial charge in [-0.25, -0.2) is 14.4 Å². The molecule has 10 heteroatoms. The van der Waals surface area contributed by atoms with Gasteiger partial charge in [-0.1, -0.05) is 44.3 Å². The maximum absolute atomic E-state index is 13.0. The number of esters is 3. The van der Waals surface area contributed by atoms with Crippen molar-refractivity contribution in [2.45, 2.75) is 131 Å². The Hall–Kier alpha value is -2.40. The Morgan fingerprint density at radius 2 is 1.31 bits per heavy atom. The Bertz CT molecular complexity index is 1380. The van der Waals surface area contributed by atoms with Gasteiger partial charge in [0.25, 0.3) is 0 Å². The largest absolute Gasteiger partial charge is 0.462 e. The maximum Gasteiger partial charge on any atom is 0.333 e. The lowest BCUT2D eigenvalue weighted by Gasteiger charge is -2.61. The first-order chi connectivity index (χ1) is 24.1. The molecular formula is C41H62O9S. The minimum atomic E-state index is -1.27. The van der Waals surface area contributed by atoms with Gasteiger partial charge in [-0.3, -0.25) is 0 Å². The number of carbonyl (C=O) groups is 3. The van der Waals surface area contributed by atoms with Crippen LogP contribution in [0.5, 0.6) is 0 Å². The van der Waals surface area contributed by atoms with E-state index in [1.807, 2.05) is 19.2 Å². The summed E-state index contributed by atoms with van der Waals surface area (Å²) in [5.41, 5.74) is -0.436. The summed E-state index contributed by atoms with van der Waals surface area (Å²) >= 11 is 5.47. The van der Waals surface area contributed by atoms with Crippen LogP contribution in [0.4, 0.5) is 0 Å². The molecule has 0 bridgehead atoms. The molecule has 4 aliphatic rings. The Labute approximate surface area is 310 Å². The number of hydrogen-bond acceptors (Lipinski definition) is 10. The lowest BCUT2D eigenvalue weighted by molar-refractivity contribution is -0.255. The van der Waals surface area contributed by atoms with Crippen LogP contribution in [0.1, 0.15) is 107 Å². The molecule has 4 saturated carbocycles. The van der Waals surface area contributed by atoms with Gasteiger partial charge >= 0.3 is 17.9 Å². The molecule has 3 N–H and O–H groups in total. The van der Waals surface area contributed by atoms with Crippen molar-refractivity contribution in [1.29, 1.82) is 0 Å². The molecule has 51 heavy (non-hydrogen) atoms. The molecule has 0 aliphatic heterocycles. The van der Waals surface area contributed by atoms with Crippen molar-refractivity contribution < 1.29 is 43.9 Å². The van der Waals surface area contributed by atoms with E-state index in [0.717, 1.165) is 25.7 Å². The fraction of sp³-hybridized carbons (Fsp3) is 0.756. The Morgan fingerprint density at radius 1 is 0.765 bits per heavy atom. The van der Waals surface area contributed by atoms with Crippen molar-refractivity contribution in [2.75, 3.05) is 13.2 Å². The van der Waals surface area contributed by atoms with Gasteiger partial charge in [-0.05, 0) is 134 Å². The van der Waals surface area contributed by atoms with Crippen LogP contribution in [-0.2, 0) is 28.6 Å². The van der Waals surface area contributed by atoms with Gasteiger partial charge in [0.1, 0.15) is 18.8 Å². The van der Waals surface area contributed by atoms with Crippen LogP contribution < -0.4 is 0 Å². The molecule has 4 aliphatic carbocycles. The third-order valence-corrected chi connectivity index (χ3v) is 13.7. The highest BCUT2D eigenvalue weighted by atomic mass is 32.1. The summed E-state index contributed by atoms with van der Waals surface area (Å²) in [6.45, 7) is 14.4. The van der Waals surface area contributed by atoms with Crippen molar-refractivity contribution in [1.82, 2.24) is 0 Å². The molecule has 0 saturated heterocycles. The van der Waals surface area contributed by atoms with Crippen LogP contribution in [0.25, 0.3) is 0 Å². The van der Waals surface area contributed by atoms with E-state index in [0.29, 0.717) is 48.3 Å². The van der Waals surface area contributed by atoms with Crippen molar-refractivity contribution in [3.8, 4) is 0 Å². The van der Waals surface area contributed by atoms with Crippen molar-refractivity contribution >= 4 is 35.5 Å². The van der Waals surface area contributed by atoms with Crippen LogP contribution in [0.3, 0.4) is 0 Å². The van der Waals surface area contributed by atoms with Crippen LogP contribution in [0, 0.1) is 52.3 Å². The van der Waals surface area contributed by atoms with E-state index in [2.05, 4.69) is 0 Å². The van der Waals surface area contributed by atoms with Crippen molar-refractivity contribution in [2.24, 2.45) is 52.3 Å². The Morgan fingerprint density at radius 3 is 1.92 bits per heavy atom. The molecule has 0 radical (unpaired) electrons. The minimum Gasteiger partial charge on any atom is -0.462 e. The third-order valence-electron chi connectivity index (χ3n) is 13.5. The molecule has 12 atom stereocenters. The highest BCUT2D eigenvalue weighted by Crippen LogP contribution is 2.61. The van der Waals surface area contributed by atoms with Crippen LogP contribution in [-0.4, -0.2) is 76.2 Å². The van der Waals surface area contributed by atoms with E-state index >= 15 is 0 Å². The molecule has 0 aromatic carbocycles. The van der Waals surface area contributed by atoms with E-state index < -0.39 is 47.2 Å². The molecule has 286 valence electrons. The number of aliphatic hydroxyl groups is 3. The molecular weight excluding hydrogens is 669 g/mol. The fourth-order valence-electron chi connectivity index (χ4n) is 10.2.